The van der Waals surface area contributed by atoms with Gasteiger partial charge in [0.05, 0.1) is 4.90 Å². The zero-order valence-corrected chi connectivity index (χ0v) is 13.0. The highest BCUT2D eigenvalue weighted by Crippen LogP contribution is 2.15. The van der Waals surface area contributed by atoms with Crippen molar-refractivity contribution in [2.75, 3.05) is 6.54 Å². The molecule has 0 saturated heterocycles. The highest BCUT2D eigenvalue weighted by atomic mass is 32.2. The molecule has 110 valence electrons. The van der Waals surface area contributed by atoms with Crippen LogP contribution in [0.25, 0.3) is 0 Å². The van der Waals surface area contributed by atoms with Crippen molar-refractivity contribution >= 4 is 27.2 Å². The lowest BCUT2D eigenvalue weighted by Crippen LogP contribution is -2.28. The first kappa shape index (κ1) is 15.6. The van der Waals surface area contributed by atoms with Crippen LogP contribution >= 0.6 is 12.2 Å². The van der Waals surface area contributed by atoms with Crippen LogP contribution in [0.3, 0.4) is 0 Å². The SMILES string of the molecule is NC(=S)c1ccccc1S(=O)(=O)NCCc1ccccc1. The fourth-order valence-electron chi connectivity index (χ4n) is 1.96. The molecule has 4 nitrogen and oxygen atoms in total. The van der Waals surface area contributed by atoms with E-state index in [0.717, 1.165) is 5.56 Å². The van der Waals surface area contributed by atoms with Crippen molar-refractivity contribution in [3.63, 3.8) is 0 Å². The van der Waals surface area contributed by atoms with Gasteiger partial charge in [-0.25, -0.2) is 13.1 Å². The lowest BCUT2D eigenvalue weighted by molar-refractivity contribution is 0.581. The van der Waals surface area contributed by atoms with Gasteiger partial charge in [-0.3, -0.25) is 0 Å². The van der Waals surface area contributed by atoms with Crippen LogP contribution in [0.4, 0.5) is 0 Å². The molecule has 0 aliphatic rings. The molecule has 0 heterocycles. The van der Waals surface area contributed by atoms with Crippen LogP contribution in [-0.2, 0) is 16.4 Å². The van der Waals surface area contributed by atoms with Gasteiger partial charge in [-0.15, -0.1) is 0 Å². The van der Waals surface area contributed by atoms with E-state index in [1.165, 1.54) is 6.07 Å². The van der Waals surface area contributed by atoms with Gasteiger partial charge >= 0.3 is 0 Å². The maximum Gasteiger partial charge on any atom is 0.241 e. The number of nitrogens with one attached hydrogen (secondary N) is 1. The number of hydrogen-bond donors (Lipinski definition) is 2. The predicted octanol–water partition coefficient (Wildman–Crippen LogP) is 1.84. The van der Waals surface area contributed by atoms with Gasteiger partial charge < -0.3 is 5.73 Å². The van der Waals surface area contributed by atoms with Crippen LogP contribution in [0.15, 0.2) is 59.5 Å². The zero-order chi connectivity index (χ0) is 15.3. The number of hydrogen-bond acceptors (Lipinski definition) is 3. The minimum atomic E-state index is -3.62. The van der Waals surface area contributed by atoms with Crippen molar-refractivity contribution in [1.82, 2.24) is 4.72 Å². The van der Waals surface area contributed by atoms with Crippen LogP contribution in [-0.4, -0.2) is 20.0 Å². The molecule has 0 bridgehead atoms. The first-order chi connectivity index (χ1) is 10.0. The Morgan fingerprint density at radius 2 is 1.67 bits per heavy atom. The average Bonchev–Trinajstić information content (AvgIpc) is 2.48. The van der Waals surface area contributed by atoms with Crippen LogP contribution in [0.5, 0.6) is 0 Å². The first-order valence-corrected chi connectivity index (χ1v) is 8.32. The Bertz CT molecular complexity index is 728. The summed E-state index contributed by atoms with van der Waals surface area (Å²) in [5.74, 6) is 0. The molecule has 21 heavy (non-hydrogen) atoms. The molecule has 0 radical (unpaired) electrons. The second kappa shape index (κ2) is 6.80. The van der Waals surface area contributed by atoms with Crippen molar-refractivity contribution < 1.29 is 8.42 Å². The van der Waals surface area contributed by atoms with Crippen LogP contribution < -0.4 is 10.5 Å². The second-order valence-electron chi connectivity index (χ2n) is 4.49. The van der Waals surface area contributed by atoms with Gasteiger partial charge in [0.1, 0.15) is 4.99 Å². The summed E-state index contributed by atoms with van der Waals surface area (Å²) in [7, 11) is -3.62. The van der Waals surface area contributed by atoms with E-state index < -0.39 is 10.0 Å². The smallest absolute Gasteiger partial charge is 0.241 e. The standard InChI is InChI=1S/C15H16N2O2S2/c16-15(20)13-8-4-5-9-14(13)21(18,19)17-11-10-12-6-2-1-3-7-12/h1-9,17H,10-11H2,(H2,16,20). The van der Waals surface area contributed by atoms with Crippen LogP contribution in [0.2, 0.25) is 0 Å². The van der Waals surface area contributed by atoms with E-state index in [4.69, 9.17) is 18.0 Å². The number of rotatable bonds is 6. The molecule has 0 saturated carbocycles. The Hall–Kier alpha value is -1.76. The summed E-state index contributed by atoms with van der Waals surface area (Å²) in [5, 5.41) is 0. The molecular formula is C15H16N2O2S2. The number of benzene rings is 2. The topological polar surface area (TPSA) is 72.2 Å². The molecule has 0 aliphatic carbocycles. The molecule has 0 atom stereocenters. The zero-order valence-electron chi connectivity index (χ0n) is 11.3. The molecular weight excluding hydrogens is 304 g/mol. The van der Waals surface area contributed by atoms with Crippen molar-refractivity contribution in [2.45, 2.75) is 11.3 Å². The van der Waals surface area contributed by atoms with E-state index in [2.05, 4.69) is 4.72 Å². The van der Waals surface area contributed by atoms with E-state index in [0.29, 0.717) is 18.5 Å². The lowest BCUT2D eigenvalue weighted by Gasteiger charge is -2.10. The third kappa shape index (κ3) is 4.10. The number of sulfonamides is 1. The molecule has 0 aliphatic heterocycles. The minimum Gasteiger partial charge on any atom is -0.389 e. The lowest BCUT2D eigenvalue weighted by atomic mass is 10.2. The first-order valence-electron chi connectivity index (χ1n) is 6.43. The summed E-state index contributed by atoms with van der Waals surface area (Å²) in [6, 6.07) is 16.1. The van der Waals surface area contributed by atoms with Crippen molar-refractivity contribution in [2.24, 2.45) is 5.73 Å². The fraction of sp³-hybridized carbons (Fsp3) is 0.133. The summed E-state index contributed by atoms with van der Waals surface area (Å²) in [4.78, 5) is 0.185. The molecule has 2 rings (SSSR count). The molecule has 0 spiro atoms. The molecule has 2 aromatic carbocycles. The van der Waals surface area contributed by atoms with Gasteiger partial charge in [-0.1, -0.05) is 60.7 Å². The second-order valence-corrected chi connectivity index (χ2v) is 6.67. The summed E-state index contributed by atoms with van der Waals surface area (Å²) < 4.78 is 27.2. The third-order valence-electron chi connectivity index (χ3n) is 2.99. The normalized spacial score (nSPS) is 11.2. The third-order valence-corrected chi connectivity index (χ3v) is 4.73. The maximum absolute atomic E-state index is 12.3. The van der Waals surface area contributed by atoms with E-state index in [9.17, 15) is 8.42 Å². The summed E-state index contributed by atoms with van der Waals surface area (Å²) in [6.45, 7) is 0.317. The Balaban J connectivity index is 2.11. The Kier molecular flexibility index (Phi) is 5.06. The Morgan fingerprint density at radius 3 is 2.33 bits per heavy atom. The van der Waals surface area contributed by atoms with Gasteiger partial charge in [0.15, 0.2) is 0 Å². The van der Waals surface area contributed by atoms with Gasteiger partial charge in [-0.2, -0.15) is 0 Å². The summed E-state index contributed by atoms with van der Waals surface area (Å²) in [6.07, 6.45) is 0.620. The summed E-state index contributed by atoms with van der Waals surface area (Å²) >= 11 is 4.89. The average molecular weight is 320 g/mol. The number of thiocarbonyl (C=S) groups is 1. The minimum absolute atomic E-state index is 0.0686. The maximum atomic E-state index is 12.3. The van der Waals surface area contributed by atoms with E-state index >= 15 is 0 Å². The largest absolute Gasteiger partial charge is 0.389 e. The molecule has 3 N–H and O–H groups in total. The van der Waals surface area contributed by atoms with Gasteiger partial charge in [0.2, 0.25) is 10.0 Å². The van der Waals surface area contributed by atoms with E-state index in [-0.39, 0.29) is 9.88 Å². The Morgan fingerprint density at radius 1 is 1.05 bits per heavy atom. The monoisotopic (exact) mass is 320 g/mol. The molecule has 0 unspecified atom stereocenters. The van der Waals surface area contributed by atoms with Crippen molar-refractivity contribution in [1.29, 1.82) is 0 Å². The highest BCUT2D eigenvalue weighted by Gasteiger charge is 2.18. The van der Waals surface area contributed by atoms with Gasteiger partial charge in [0.25, 0.3) is 0 Å². The highest BCUT2D eigenvalue weighted by molar-refractivity contribution is 7.89. The quantitative estimate of drug-likeness (QED) is 0.797. The van der Waals surface area contributed by atoms with E-state index in [1.54, 1.807) is 18.2 Å². The number of nitrogens with two attached hydrogens (primary N) is 1. The van der Waals surface area contributed by atoms with Crippen LogP contribution in [0, 0.1) is 0 Å². The molecule has 0 fully saturated rings. The Labute approximate surface area is 130 Å². The summed E-state index contributed by atoms with van der Waals surface area (Å²) in [5.41, 5.74) is 7.00. The fourth-order valence-corrected chi connectivity index (χ4v) is 3.45. The van der Waals surface area contributed by atoms with Gasteiger partial charge in [-0.05, 0) is 18.1 Å². The predicted molar refractivity (Wildman–Crippen MR) is 87.7 cm³/mol. The van der Waals surface area contributed by atoms with Crippen molar-refractivity contribution in [3.8, 4) is 0 Å². The van der Waals surface area contributed by atoms with Gasteiger partial charge in [0, 0.05) is 12.1 Å². The molecule has 0 aromatic heterocycles. The van der Waals surface area contributed by atoms with Crippen molar-refractivity contribution in [3.05, 3.63) is 65.7 Å². The van der Waals surface area contributed by atoms with E-state index in [1.807, 2.05) is 30.3 Å². The molecule has 0 amide bonds. The molecule has 6 heteroatoms. The molecule has 2 aromatic rings. The van der Waals surface area contributed by atoms with Crippen LogP contribution in [0.1, 0.15) is 11.1 Å².